The highest BCUT2D eigenvalue weighted by Crippen LogP contribution is 2.27. The second kappa shape index (κ2) is 6.35. The number of nitrogens with one attached hydrogen (secondary N) is 1. The molecule has 0 spiro atoms. The minimum Gasteiger partial charge on any atom is -0.380 e. The predicted octanol–water partition coefficient (Wildman–Crippen LogP) is 0.813. The molecule has 0 radical (unpaired) electrons. The molecule has 0 bridgehead atoms. The Labute approximate surface area is 119 Å². The third-order valence-corrected chi connectivity index (χ3v) is 3.79. The molecular formula is C15H22N2O3. The van der Waals surface area contributed by atoms with Gasteiger partial charge < -0.3 is 20.5 Å². The average Bonchev–Trinajstić information content (AvgIpc) is 2.78. The van der Waals surface area contributed by atoms with Crippen molar-refractivity contribution in [3.8, 4) is 0 Å². The van der Waals surface area contributed by atoms with Crippen molar-refractivity contribution in [3.05, 3.63) is 35.4 Å². The molecule has 1 amide bonds. The molecule has 0 saturated carbocycles. The number of rotatable bonds is 5. The first-order chi connectivity index (χ1) is 9.56. The number of amides is 1. The molecule has 5 nitrogen and oxygen atoms in total. The Kier molecular flexibility index (Phi) is 4.75. The summed E-state index contributed by atoms with van der Waals surface area (Å²) < 4.78 is 10.4. The summed E-state index contributed by atoms with van der Waals surface area (Å²) in [6.07, 6.45) is 0. The number of carbonyl (C=O) groups excluding carboxylic acids is 1. The van der Waals surface area contributed by atoms with Crippen LogP contribution in [0, 0.1) is 5.41 Å². The number of carbonyl (C=O) groups is 1. The highest BCUT2D eigenvalue weighted by Gasteiger charge is 2.44. The fourth-order valence-corrected chi connectivity index (χ4v) is 2.30. The minimum atomic E-state index is -0.635. The van der Waals surface area contributed by atoms with Crippen LogP contribution in [-0.2, 0) is 27.4 Å². The second-order valence-corrected chi connectivity index (χ2v) is 5.47. The van der Waals surface area contributed by atoms with Gasteiger partial charge >= 0.3 is 0 Å². The highest BCUT2D eigenvalue weighted by atomic mass is 16.5. The van der Waals surface area contributed by atoms with E-state index in [1.807, 2.05) is 31.2 Å². The van der Waals surface area contributed by atoms with E-state index in [0.717, 1.165) is 11.1 Å². The van der Waals surface area contributed by atoms with Crippen molar-refractivity contribution in [1.82, 2.24) is 5.32 Å². The zero-order valence-electron chi connectivity index (χ0n) is 12.0. The normalized spacial score (nSPS) is 25.6. The maximum absolute atomic E-state index is 12.3. The smallest absolute Gasteiger partial charge is 0.230 e. The van der Waals surface area contributed by atoms with Crippen molar-refractivity contribution in [1.29, 1.82) is 0 Å². The molecular weight excluding hydrogens is 256 g/mol. The Hall–Kier alpha value is -1.43. The lowest BCUT2D eigenvalue weighted by molar-refractivity contribution is -0.130. The van der Waals surface area contributed by atoms with E-state index in [-0.39, 0.29) is 11.9 Å². The Morgan fingerprint density at radius 2 is 2.30 bits per heavy atom. The van der Waals surface area contributed by atoms with Gasteiger partial charge in [-0.15, -0.1) is 0 Å². The van der Waals surface area contributed by atoms with E-state index in [1.54, 1.807) is 7.11 Å². The van der Waals surface area contributed by atoms with E-state index in [4.69, 9.17) is 15.2 Å². The lowest BCUT2D eigenvalue weighted by Crippen LogP contribution is -2.49. The van der Waals surface area contributed by atoms with Crippen molar-refractivity contribution in [2.75, 3.05) is 20.3 Å². The first kappa shape index (κ1) is 15.0. The summed E-state index contributed by atoms with van der Waals surface area (Å²) in [5.74, 6) is -0.0559. The summed E-state index contributed by atoms with van der Waals surface area (Å²) in [6, 6.07) is 7.71. The number of ether oxygens (including phenoxy) is 2. The van der Waals surface area contributed by atoms with Gasteiger partial charge in [0, 0.05) is 19.7 Å². The molecule has 2 rings (SSSR count). The van der Waals surface area contributed by atoms with E-state index >= 15 is 0 Å². The van der Waals surface area contributed by atoms with Crippen LogP contribution in [0.1, 0.15) is 18.1 Å². The minimum absolute atomic E-state index is 0.0559. The Morgan fingerprint density at radius 1 is 1.55 bits per heavy atom. The fraction of sp³-hybridized carbons (Fsp3) is 0.533. The number of benzene rings is 1. The molecule has 1 saturated heterocycles. The molecule has 5 heteroatoms. The van der Waals surface area contributed by atoms with E-state index in [9.17, 15) is 4.79 Å². The zero-order valence-corrected chi connectivity index (χ0v) is 12.0. The van der Waals surface area contributed by atoms with Crippen molar-refractivity contribution in [2.24, 2.45) is 11.1 Å². The van der Waals surface area contributed by atoms with Crippen molar-refractivity contribution in [3.63, 3.8) is 0 Å². The van der Waals surface area contributed by atoms with Crippen LogP contribution in [0.4, 0.5) is 0 Å². The maximum Gasteiger partial charge on any atom is 0.230 e. The lowest BCUT2D eigenvalue weighted by Gasteiger charge is -2.25. The SMILES string of the molecule is COCc1cccc(CNC(=O)C2(C)COCC2N)c1. The summed E-state index contributed by atoms with van der Waals surface area (Å²) in [4.78, 5) is 12.3. The number of nitrogens with two attached hydrogens (primary N) is 1. The zero-order chi connectivity index (χ0) is 14.6. The van der Waals surface area contributed by atoms with E-state index in [2.05, 4.69) is 5.32 Å². The molecule has 20 heavy (non-hydrogen) atoms. The second-order valence-electron chi connectivity index (χ2n) is 5.47. The van der Waals surface area contributed by atoms with E-state index in [0.29, 0.717) is 26.4 Å². The lowest BCUT2D eigenvalue weighted by atomic mass is 9.85. The highest BCUT2D eigenvalue weighted by molar-refractivity contribution is 5.83. The molecule has 2 atom stereocenters. The molecule has 1 heterocycles. The van der Waals surface area contributed by atoms with Crippen LogP contribution in [-0.4, -0.2) is 32.3 Å². The summed E-state index contributed by atoms with van der Waals surface area (Å²) in [5, 5.41) is 2.94. The van der Waals surface area contributed by atoms with Gasteiger partial charge in [0.2, 0.25) is 5.91 Å². The molecule has 2 unspecified atom stereocenters. The third-order valence-electron chi connectivity index (χ3n) is 3.79. The van der Waals surface area contributed by atoms with Crippen LogP contribution in [0.2, 0.25) is 0 Å². The third kappa shape index (κ3) is 3.17. The van der Waals surface area contributed by atoms with Crippen LogP contribution >= 0.6 is 0 Å². The quantitative estimate of drug-likeness (QED) is 0.836. The Bertz CT molecular complexity index is 478. The van der Waals surface area contributed by atoms with E-state index in [1.165, 1.54) is 0 Å². The molecule has 3 N–H and O–H groups in total. The average molecular weight is 278 g/mol. The fourth-order valence-electron chi connectivity index (χ4n) is 2.30. The van der Waals surface area contributed by atoms with Crippen molar-refractivity contribution >= 4 is 5.91 Å². The van der Waals surface area contributed by atoms with Gasteiger partial charge in [0.05, 0.1) is 25.2 Å². The van der Waals surface area contributed by atoms with Crippen LogP contribution in [0.25, 0.3) is 0 Å². The van der Waals surface area contributed by atoms with Crippen LogP contribution < -0.4 is 11.1 Å². The van der Waals surface area contributed by atoms with Crippen LogP contribution in [0.15, 0.2) is 24.3 Å². The molecule has 1 aromatic carbocycles. The van der Waals surface area contributed by atoms with Gasteiger partial charge in [-0.3, -0.25) is 4.79 Å². The number of methoxy groups -OCH3 is 1. The van der Waals surface area contributed by atoms with Gasteiger partial charge in [0.15, 0.2) is 0 Å². The van der Waals surface area contributed by atoms with E-state index < -0.39 is 5.41 Å². The number of hydrogen-bond donors (Lipinski definition) is 2. The standard InChI is InChI=1S/C15H22N2O3/c1-15(10-20-9-13(15)16)14(18)17-7-11-4-3-5-12(6-11)8-19-2/h3-6,13H,7-10,16H2,1-2H3,(H,17,18). The summed E-state index contributed by atoms with van der Waals surface area (Å²) in [5.41, 5.74) is 7.44. The summed E-state index contributed by atoms with van der Waals surface area (Å²) >= 11 is 0. The van der Waals surface area contributed by atoms with Gasteiger partial charge in [-0.1, -0.05) is 24.3 Å². The maximum atomic E-state index is 12.3. The largest absolute Gasteiger partial charge is 0.380 e. The van der Waals surface area contributed by atoms with Gasteiger partial charge in [-0.25, -0.2) is 0 Å². The molecule has 1 aromatic rings. The Balaban J connectivity index is 1.95. The predicted molar refractivity (Wildman–Crippen MR) is 75.9 cm³/mol. The molecule has 1 aliphatic heterocycles. The first-order valence-corrected chi connectivity index (χ1v) is 6.74. The van der Waals surface area contributed by atoms with Gasteiger partial charge in [-0.05, 0) is 18.1 Å². The molecule has 1 fully saturated rings. The first-order valence-electron chi connectivity index (χ1n) is 6.74. The molecule has 1 aliphatic rings. The van der Waals surface area contributed by atoms with Gasteiger partial charge in [0.25, 0.3) is 0 Å². The van der Waals surface area contributed by atoms with Gasteiger partial charge in [0.1, 0.15) is 0 Å². The summed E-state index contributed by atoms with van der Waals surface area (Å²) in [7, 11) is 1.66. The van der Waals surface area contributed by atoms with Crippen molar-refractivity contribution < 1.29 is 14.3 Å². The molecule has 0 aromatic heterocycles. The van der Waals surface area contributed by atoms with Crippen LogP contribution in [0.5, 0.6) is 0 Å². The van der Waals surface area contributed by atoms with Crippen LogP contribution in [0.3, 0.4) is 0 Å². The van der Waals surface area contributed by atoms with Gasteiger partial charge in [-0.2, -0.15) is 0 Å². The number of hydrogen-bond acceptors (Lipinski definition) is 4. The topological polar surface area (TPSA) is 73.6 Å². The van der Waals surface area contributed by atoms with Crippen molar-refractivity contribution in [2.45, 2.75) is 26.1 Å². The Morgan fingerprint density at radius 3 is 2.95 bits per heavy atom. The molecule has 110 valence electrons. The monoisotopic (exact) mass is 278 g/mol. The summed E-state index contributed by atoms with van der Waals surface area (Å²) in [6.45, 7) is 3.72. The molecule has 0 aliphatic carbocycles.